The number of methoxy groups -OCH3 is 1. The van der Waals surface area contributed by atoms with E-state index in [-0.39, 0.29) is 22.9 Å². The molecule has 4 atom stereocenters. The number of sulfone groups is 1. The molecule has 1 aliphatic rings. The average molecular weight is 555 g/mol. The zero-order valence-corrected chi connectivity index (χ0v) is 23.2. The zero-order valence-electron chi connectivity index (χ0n) is 22.4. The Morgan fingerprint density at radius 2 is 1.56 bits per heavy atom. The van der Waals surface area contributed by atoms with E-state index in [1.54, 1.807) is 37.4 Å². The molecule has 1 heterocycles. The van der Waals surface area contributed by atoms with E-state index in [0.717, 1.165) is 23.3 Å². The van der Waals surface area contributed by atoms with Gasteiger partial charge >= 0.3 is 0 Å². The first-order valence-electron chi connectivity index (χ1n) is 13.4. The van der Waals surface area contributed by atoms with E-state index in [2.05, 4.69) is 0 Å². The highest BCUT2D eigenvalue weighted by atomic mass is 32.2. The van der Waals surface area contributed by atoms with Crippen molar-refractivity contribution < 1.29 is 32.5 Å². The summed E-state index contributed by atoms with van der Waals surface area (Å²) < 4.78 is 49.6. The highest BCUT2D eigenvalue weighted by molar-refractivity contribution is 7.91. The predicted molar refractivity (Wildman–Crippen MR) is 149 cm³/mol. The third-order valence-electron chi connectivity index (χ3n) is 6.94. The van der Waals surface area contributed by atoms with Gasteiger partial charge in [-0.05, 0) is 61.1 Å². The topological polar surface area (TPSA) is 91.3 Å². The molecular formula is C31H38O7S. The van der Waals surface area contributed by atoms with Crippen LogP contribution in [0.5, 0.6) is 5.75 Å². The Bertz CT molecular complexity index is 1220. The molecule has 0 spiro atoms. The molecule has 1 fully saturated rings. The Hall–Kier alpha value is -2.75. The van der Waals surface area contributed by atoms with Crippen LogP contribution in [0.25, 0.3) is 0 Å². The van der Waals surface area contributed by atoms with Crippen LogP contribution < -0.4 is 4.74 Å². The molecule has 1 saturated heterocycles. The van der Waals surface area contributed by atoms with E-state index in [1.165, 1.54) is 0 Å². The molecular weight excluding hydrogens is 516 g/mol. The van der Waals surface area contributed by atoms with E-state index >= 15 is 0 Å². The van der Waals surface area contributed by atoms with Crippen molar-refractivity contribution in [2.24, 2.45) is 0 Å². The molecule has 4 rings (SSSR count). The van der Waals surface area contributed by atoms with E-state index in [9.17, 15) is 13.5 Å². The minimum Gasteiger partial charge on any atom is -0.497 e. The Morgan fingerprint density at radius 1 is 0.897 bits per heavy atom. The van der Waals surface area contributed by atoms with Gasteiger partial charge in [-0.2, -0.15) is 0 Å². The quantitative estimate of drug-likeness (QED) is 0.282. The standard InChI is InChI=1S/C31H38O7S/c1-35-26-16-14-25(15-17-26)21-36-20-8-13-29(37-22-24-9-4-2-5-10-24)30-19-18-28(32)31(38-30)23-39(33,34)27-11-6-3-7-12-27/h2-7,9-12,14-17,28-32H,8,13,18-23H2,1H3/t28-,29-,30-,31-/m0/s1. The number of rotatable bonds is 14. The van der Waals surface area contributed by atoms with Gasteiger partial charge in [0, 0.05) is 6.61 Å². The summed E-state index contributed by atoms with van der Waals surface area (Å²) in [5.41, 5.74) is 2.12. The summed E-state index contributed by atoms with van der Waals surface area (Å²) >= 11 is 0. The molecule has 39 heavy (non-hydrogen) atoms. The molecule has 8 heteroatoms. The molecule has 1 aliphatic heterocycles. The van der Waals surface area contributed by atoms with Crippen LogP contribution in [0.4, 0.5) is 0 Å². The smallest absolute Gasteiger partial charge is 0.181 e. The highest BCUT2D eigenvalue weighted by Crippen LogP contribution is 2.28. The first kappa shape index (κ1) is 29.2. The third kappa shape index (κ3) is 8.88. The lowest BCUT2D eigenvalue weighted by Gasteiger charge is -2.37. The van der Waals surface area contributed by atoms with Gasteiger partial charge in [-0.15, -0.1) is 0 Å². The summed E-state index contributed by atoms with van der Waals surface area (Å²) in [5.74, 6) is 0.537. The monoisotopic (exact) mass is 554 g/mol. The second kappa shape index (κ2) is 14.6. The lowest BCUT2D eigenvalue weighted by Crippen LogP contribution is -2.47. The van der Waals surface area contributed by atoms with Crippen LogP contribution in [0.3, 0.4) is 0 Å². The van der Waals surface area contributed by atoms with Gasteiger partial charge in [0.2, 0.25) is 0 Å². The zero-order chi connectivity index (χ0) is 27.5. The van der Waals surface area contributed by atoms with Crippen LogP contribution in [0.2, 0.25) is 0 Å². The molecule has 0 saturated carbocycles. The molecule has 0 unspecified atom stereocenters. The second-order valence-corrected chi connectivity index (χ2v) is 11.9. The van der Waals surface area contributed by atoms with Crippen molar-refractivity contribution in [1.29, 1.82) is 0 Å². The van der Waals surface area contributed by atoms with Crippen LogP contribution in [-0.4, -0.2) is 57.4 Å². The fourth-order valence-corrected chi connectivity index (χ4v) is 6.22. The molecule has 0 aromatic heterocycles. The lowest BCUT2D eigenvalue weighted by molar-refractivity contribution is -0.161. The Labute approximate surface area is 231 Å². The van der Waals surface area contributed by atoms with Crippen molar-refractivity contribution in [1.82, 2.24) is 0 Å². The lowest BCUT2D eigenvalue weighted by atomic mass is 9.96. The maximum Gasteiger partial charge on any atom is 0.181 e. The fraction of sp³-hybridized carbons (Fsp3) is 0.419. The van der Waals surface area contributed by atoms with Crippen molar-refractivity contribution in [2.45, 2.75) is 68.2 Å². The Balaban J connectivity index is 1.35. The van der Waals surface area contributed by atoms with E-state index in [1.807, 2.05) is 54.6 Å². The molecule has 0 amide bonds. The van der Waals surface area contributed by atoms with Gasteiger partial charge in [0.15, 0.2) is 9.84 Å². The van der Waals surface area contributed by atoms with Crippen molar-refractivity contribution in [3.63, 3.8) is 0 Å². The van der Waals surface area contributed by atoms with Gasteiger partial charge in [0.05, 0.1) is 55.4 Å². The van der Waals surface area contributed by atoms with Crippen molar-refractivity contribution in [3.05, 3.63) is 96.1 Å². The van der Waals surface area contributed by atoms with Gasteiger partial charge < -0.3 is 24.1 Å². The highest BCUT2D eigenvalue weighted by Gasteiger charge is 2.37. The van der Waals surface area contributed by atoms with Crippen LogP contribution in [-0.2, 0) is 37.3 Å². The fourth-order valence-electron chi connectivity index (χ4n) is 4.72. The van der Waals surface area contributed by atoms with E-state index in [4.69, 9.17) is 18.9 Å². The number of aliphatic hydroxyl groups excluding tert-OH is 1. The third-order valence-corrected chi connectivity index (χ3v) is 8.70. The minimum absolute atomic E-state index is 0.230. The summed E-state index contributed by atoms with van der Waals surface area (Å²) in [4.78, 5) is 0.230. The maximum atomic E-state index is 13.0. The van der Waals surface area contributed by atoms with Crippen molar-refractivity contribution in [3.8, 4) is 5.75 Å². The summed E-state index contributed by atoms with van der Waals surface area (Å²) in [7, 11) is -1.96. The van der Waals surface area contributed by atoms with Crippen LogP contribution in [0.15, 0.2) is 89.8 Å². The van der Waals surface area contributed by atoms with Gasteiger partial charge in [-0.3, -0.25) is 0 Å². The Morgan fingerprint density at radius 3 is 2.26 bits per heavy atom. The normalized spacial score (nSPS) is 20.4. The number of ether oxygens (including phenoxy) is 4. The molecule has 1 N–H and O–H groups in total. The predicted octanol–water partition coefficient (Wildman–Crippen LogP) is 4.96. The Kier molecular flexibility index (Phi) is 10.9. The number of hydrogen-bond donors (Lipinski definition) is 1. The average Bonchev–Trinajstić information content (AvgIpc) is 2.97. The van der Waals surface area contributed by atoms with Crippen LogP contribution in [0.1, 0.15) is 36.8 Å². The molecule has 0 radical (unpaired) electrons. The van der Waals surface area contributed by atoms with Gasteiger partial charge in [0.25, 0.3) is 0 Å². The summed E-state index contributed by atoms with van der Waals surface area (Å²) in [6, 6.07) is 26.0. The number of aliphatic hydroxyl groups is 1. The van der Waals surface area contributed by atoms with Gasteiger partial charge in [0.1, 0.15) is 5.75 Å². The SMILES string of the molecule is COc1ccc(COCCC[C@H](OCc2ccccc2)[C@@H]2CC[C@H](O)[C@H](CS(=O)(=O)c3ccccc3)O2)cc1. The van der Waals surface area contributed by atoms with Crippen LogP contribution in [0, 0.1) is 0 Å². The first-order valence-corrected chi connectivity index (χ1v) is 15.1. The summed E-state index contributed by atoms with van der Waals surface area (Å²) in [5, 5.41) is 10.6. The minimum atomic E-state index is -3.61. The van der Waals surface area contributed by atoms with E-state index < -0.39 is 22.0 Å². The molecule has 7 nitrogen and oxygen atoms in total. The largest absolute Gasteiger partial charge is 0.497 e. The van der Waals surface area contributed by atoms with E-state index in [0.29, 0.717) is 39.1 Å². The molecule has 210 valence electrons. The molecule has 3 aromatic rings. The van der Waals surface area contributed by atoms with Crippen molar-refractivity contribution >= 4 is 9.84 Å². The maximum absolute atomic E-state index is 13.0. The molecule has 0 bridgehead atoms. The van der Waals surface area contributed by atoms with Gasteiger partial charge in [-0.25, -0.2) is 8.42 Å². The summed E-state index contributed by atoms with van der Waals surface area (Å²) in [6.45, 7) is 1.48. The number of hydrogen-bond acceptors (Lipinski definition) is 7. The second-order valence-electron chi connectivity index (χ2n) is 9.83. The molecule has 3 aromatic carbocycles. The summed E-state index contributed by atoms with van der Waals surface area (Å²) in [6.07, 6.45) is 0.247. The molecule has 0 aliphatic carbocycles. The van der Waals surface area contributed by atoms with Crippen molar-refractivity contribution in [2.75, 3.05) is 19.5 Å². The van der Waals surface area contributed by atoms with Crippen LogP contribution >= 0.6 is 0 Å². The first-order chi connectivity index (χ1) is 18.9. The number of benzene rings is 3. The van der Waals surface area contributed by atoms with Gasteiger partial charge in [-0.1, -0.05) is 60.7 Å².